The number of amides is 1. The molecule has 0 saturated heterocycles. The Morgan fingerprint density at radius 2 is 2.33 bits per heavy atom. The molecule has 1 unspecified atom stereocenters. The zero-order valence-corrected chi connectivity index (χ0v) is 8.51. The molecule has 0 heterocycles. The molecular formula is C10H16F2N2O. The van der Waals surface area contributed by atoms with E-state index in [1.165, 1.54) is 0 Å². The standard InChI is InChI=1S/C10H16F2N2O/c11-10(12,6-13)7-14-9(15)5-8-3-1-2-4-8/h1,3,8H,2,4-7,13H2,(H,14,15). The van der Waals surface area contributed by atoms with Crippen molar-refractivity contribution in [2.75, 3.05) is 13.1 Å². The third-order valence-electron chi connectivity index (χ3n) is 2.40. The zero-order chi connectivity index (χ0) is 11.3. The molecule has 0 radical (unpaired) electrons. The Hall–Kier alpha value is -0.970. The van der Waals surface area contributed by atoms with Gasteiger partial charge < -0.3 is 11.1 Å². The average Bonchev–Trinajstić information content (AvgIpc) is 2.68. The molecule has 0 saturated carbocycles. The molecule has 0 aliphatic heterocycles. The summed E-state index contributed by atoms with van der Waals surface area (Å²) in [6, 6.07) is 0. The SMILES string of the molecule is NCC(F)(F)CNC(=O)CC1C=CCC1. The minimum absolute atomic E-state index is 0.205. The predicted octanol–water partition coefficient (Wildman–Crippen LogP) is 1.05. The Morgan fingerprint density at radius 1 is 1.60 bits per heavy atom. The van der Waals surface area contributed by atoms with E-state index >= 15 is 0 Å². The van der Waals surface area contributed by atoms with Crippen molar-refractivity contribution < 1.29 is 13.6 Å². The molecule has 0 aromatic carbocycles. The highest BCUT2D eigenvalue weighted by Crippen LogP contribution is 2.20. The Morgan fingerprint density at radius 3 is 2.87 bits per heavy atom. The number of hydrogen-bond donors (Lipinski definition) is 2. The fourth-order valence-corrected chi connectivity index (χ4v) is 1.48. The summed E-state index contributed by atoms with van der Waals surface area (Å²) in [4.78, 5) is 11.2. The first-order valence-electron chi connectivity index (χ1n) is 5.05. The Labute approximate surface area is 87.7 Å². The van der Waals surface area contributed by atoms with Gasteiger partial charge in [-0.1, -0.05) is 12.2 Å². The third-order valence-corrected chi connectivity index (χ3v) is 2.40. The molecule has 1 aliphatic rings. The lowest BCUT2D eigenvalue weighted by atomic mass is 10.1. The van der Waals surface area contributed by atoms with E-state index in [4.69, 9.17) is 5.73 Å². The first-order valence-corrected chi connectivity index (χ1v) is 5.05. The molecule has 0 aromatic heterocycles. The van der Waals surface area contributed by atoms with Crippen LogP contribution in [0.5, 0.6) is 0 Å². The lowest BCUT2D eigenvalue weighted by Crippen LogP contribution is -2.41. The number of carbonyl (C=O) groups excluding carboxylic acids is 1. The summed E-state index contributed by atoms with van der Waals surface area (Å²) < 4.78 is 25.3. The van der Waals surface area contributed by atoms with E-state index in [2.05, 4.69) is 5.32 Å². The van der Waals surface area contributed by atoms with E-state index in [1.807, 2.05) is 12.2 Å². The molecule has 5 heteroatoms. The highest BCUT2D eigenvalue weighted by atomic mass is 19.3. The summed E-state index contributed by atoms with van der Waals surface area (Å²) in [7, 11) is 0. The first-order chi connectivity index (χ1) is 7.03. The molecular weight excluding hydrogens is 202 g/mol. The highest BCUT2D eigenvalue weighted by Gasteiger charge is 2.27. The van der Waals surface area contributed by atoms with Crippen molar-refractivity contribution >= 4 is 5.91 Å². The summed E-state index contributed by atoms with van der Waals surface area (Å²) in [5.74, 6) is -3.13. The van der Waals surface area contributed by atoms with Crippen molar-refractivity contribution in [2.24, 2.45) is 11.7 Å². The Bertz CT molecular complexity index is 254. The number of nitrogens with one attached hydrogen (secondary N) is 1. The van der Waals surface area contributed by atoms with E-state index in [0.717, 1.165) is 12.8 Å². The van der Waals surface area contributed by atoms with E-state index in [1.54, 1.807) is 0 Å². The molecule has 3 nitrogen and oxygen atoms in total. The zero-order valence-electron chi connectivity index (χ0n) is 8.51. The van der Waals surface area contributed by atoms with Gasteiger partial charge in [-0.3, -0.25) is 4.79 Å². The van der Waals surface area contributed by atoms with Crippen LogP contribution >= 0.6 is 0 Å². The smallest absolute Gasteiger partial charge is 0.277 e. The quantitative estimate of drug-likeness (QED) is 0.678. The number of nitrogens with two attached hydrogens (primary N) is 1. The Balaban J connectivity index is 2.21. The molecule has 0 fully saturated rings. The summed E-state index contributed by atoms with van der Waals surface area (Å²) in [6.07, 6.45) is 6.15. The highest BCUT2D eigenvalue weighted by molar-refractivity contribution is 5.76. The van der Waals surface area contributed by atoms with Gasteiger partial charge in [-0.15, -0.1) is 0 Å². The molecule has 15 heavy (non-hydrogen) atoms. The van der Waals surface area contributed by atoms with Crippen molar-refractivity contribution in [3.05, 3.63) is 12.2 Å². The maximum atomic E-state index is 12.7. The van der Waals surface area contributed by atoms with Gasteiger partial charge in [0.05, 0.1) is 13.1 Å². The predicted molar refractivity (Wildman–Crippen MR) is 53.5 cm³/mol. The van der Waals surface area contributed by atoms with Crippen LogP contribution in [0.3, 0.4) is 0 Å². The fraction of sp³-hybridized carbons (Fsp3) is 0.700. The van der Waals surface area contributed by atoms with E-state index in [9.17, 15) is 13.6 Å². The third kappa shape index (κ3) is 4.38. The van der Waals surface area contributed by atoms with Crippen LogP contribution in [-0.2, 0) is 4.79 Å². The monoisotopic (exact) mass is 218 g/mol. The summed E-state index contributed by atoms with van der Waals surface area (Å²) in [6.45, 7) is -1.41. The molecule has 86 valence electrons. The largest absolute Gasteiger partial charge is 0.350 e. The minimum atomic E-state index is -3.00. The molecule has 1 amide bonds. The first kappa shape index (κ1) is 12.1. The lowest BCUT2D eigenvalue weighted by molar-refractivity contribution is -0.123. The van der Waals surface area contributed by atoms with Crippen molar-refractivity contribution in [2.45, 2.75) is 25.2 Å². The molecule has 1 aliphatic carbocycles. The van der Waals surface area contributed by atoms with Gasteiger partial charge in [0.2, 0.25) is 5.91 Å². The van der Waals surface area contributed by atoms with Crippen molar-refractivity contribution in [3.8, 4) is 0 Å². The topological polar surface area (TPSA) is 55.1 Å². The second-order valence-electron chi connectivity index (χ2n) is 3.81. The average molecular weight is 218 g/mol. The Kier molecular flexibility index (Phi) is 4.20. The normalized spacial score (nSPS) is 20.6. The van der Waals surface area contributed by atoms with Crippen LogP contribution in [0.2, 0.25) is 0 Å². The fourth-order valence-electron chi connectivity index (χ4n) is 1.48. The van der Waals surface area contributed by atoms with Gasteiger partial charge in [-0.25, -0.2) is 8.78 Å². The number of rotatable bonds is 5. The summed E-state index contributed by atoms with van der Waals surface area (Å²) >= 11 is 0. The number of alkyl halides is 2. The minimum Gasteiger partial charge on any atom is -0.350 e. The van der Waals surface area contributed by atoms with Crippen LogP contribution in [-0.4, -0.2) is 24.9 Å². The van der Waals surface area contributed by atoms with E-state index in [0.29, 0.717) is 0 Å². The number of hydrogen-bond acceptors (Lipinski definition) is 2. The van der Waals surface area contributed by atoms with Crippen LogP contribution < -0.4 is 11.1 Å². The van der Waals surface area contributed by atoms with Crippen molar-refractivity contribution in [3.63, 3.8) is 0 Å². The van der Waals surface area contributed by atoms with Gasteiger partial charge >= 0.3 is 0 Å². The van der Waals surface area contributed by atoms with Crippen LogP contribution in [0.1, 0.15) is 19.3 Å². The van der Waals surface area contributed by atoms with Crippen LogP contribution in [0, 0.1) is 5.92 Å². The van der Waals surface area contributed by atoms with Crippen molar-refractivity contribution in [1.82, 2.24) is 5.32 Å². The molecule has 0 bridgehead atoms. The van der Waals surface area contributed by atoms with Gasteiger partial charge in [0.25, 0.3) is 5.92 Å². The number of halogens is 2. The summed E-state index contributed by atoms with van der Waals surface area (Å²) in [5.41, 5.74) is 4.84. The van der Waals surface area contributed by atoms with Crippen LogP contribution in [0.25, 0.3) is 0 Å². The van der Waals surface area contributed by atoms with E-state index in [-0.39, 0.29) is 18.2 Å². The summed E-state index contributed by atoms with van der Waals surface area (Å²) in [5, 5.41) is 2.20. The maximum Gasteiger partial charge on any atom is 0.277 e. The van der Waals surface area contributed by atoms with Crippen molar-refractivity contribution in [1.29, 1.82) is 0 Å². The number of allylic oxidation sites excluding steroid dienone is 2. The molecule has 1 rings (SSSR count). The molecule has 0 spiro atoms. The molecule has 1 atom stereocenters. The van der Waals surface area contributed by atoms with Gasteiger partial charge in [-0.05, 0) is 18.8 Å². The van der Waals surface area contributed by atoms with Crippen LogP contribution in [0.15, 0.2) is 12.2 Å². The molecule has 3 N–H and O–H groups in total. The van der Waals surface area contributed by atoms with Gasteiger partial charge in [0.1, 0.15) is 0 Å². The van der Waals surface area contributed by atoms with Gasteiger partial charge in [0.15, 0.2) is 0 Å². The lowest BCUT2D eigenvalue weighted by Gasteiger charge is -2.15. The maximum absolute atomic E-state index is 12.7. The second kappa shape index (κ2) is 5.21. The van der Waals surface area contributed by atoms with E-state index < -0.39 is 19.0 Å². The van der Waals surface area contributed by atoms with Gasteiger partial charge in [-0.2, -0.15) is 0 Å². The second-order valence-corrected chi connectivity index (χ2v) is 3.81. The molecule has 0 aromatic rings. The van der Waals surface area contributed by atoms with Crippen LogP contribution in [0.4, 0.5) is 8.78 Å². The van der Waals surface area contributed by atoms with Gasteiger partial charge in [0, 0.05) is 6.42 Å². The number of carbonyl (C=O) groups is 1.